The molecule has 2 nitrogen and oxygen atoms in total. The van der Waals surface area contributed by atoms with Crippen LogP contribution in [-0.2, 0) is 0 Å². The van der Waals surface area contributed by atoms with Crippen molar-refractivity contribution in [1.82, 2.24) is 0 Å². The Morgan fingerprint density at radius 3 is 2.36 bits per heavy atom. The van der Waals surface area contributed by atoms with E-state index in [1.54, 1.807) is 24.3 Å². The number of aromatic hydroxyl groups is 1. The lowest BCUT2D eigenvalue weighted by atomic mass is 10.0. The maximum absolute atomic E-state index is 8.93. The Morgan fingerprint density at radius 1 is 1.36 bits per heavy atom. The van der Waals surface area contributed by atoms with Crippen molar-refractivity contribution < 1.29 is 5.11 Å². The summed E-state index contributed by atoms with van der Waals surface area (Å²) in [7, 11) is 0. The molecule has 0 heterocycles. The summed E-state index contributed by atoms with van der Waals surface area (Å²) in [5, 5.41) is 17.5. The molecule has 56 valence electrons. The van der Waals surface area contributed by atoms with Gasteiger partial charge in [0.25, 0.3) is 0 Å². The minimum Gasteiger partial charge on any atom is -0.508 e. The van der Waals surface area contributed by atoms with Crippen LogP contribution in [0.5, 0.6) is 5.75 Å². The second-order valence-electron chi connectivity index (χ2n) is 2.44. The molecule has 1 atom stereocenters. The molecule has 11 heavy (non-hydrogen) atoms. The van der Waals surface area contributed by atoms with Gasteiger partial charge in [-0.2, -0.15) is 5.26 Å². The first-order valence-corrected chi connectivity index (χ1v) is 3.42. The van der Waals surface area contributed by atoms with E-state index in [9.17, 15) is 0 Å². The van der Waals surface area contributed by atoms with Gasteiger partial charge in [0.15, 0.2) is 0 Å². The Morgan fingerprint density at radius 2 is 1.91 bits per heavy atom. The average Bonchev–Trinajstić information content (AvgIpc) is 2.05. The molecule has 0 amide bonds. The smallest absolute Gasteiger partial charge is 0.115 e. The van der Waals surface area contributed by atoms with Crippen molar-refractivity contribution in [2.75, 3.05) is 0 Å². The SMILES string of the molecule is C[C@H](C#N)c1ccc(O)cc1. The highest BCUT2D eigenvalue weighted by Crippen LogP contribution is 2.16. The van der Waals surface area contributed by atoms with E-state index in [1.165, 1.54) is 0 Å². The second-order valence-corrected chi connectivity index (χ2v) is 2.44. The van der Waals surface area contributed by atoms with Crippen LogP contribution in [0.15, 0.2) is 24.3 Å². The third kappa shape index (κ3) is 1.71. The lowest BCUT2D eigenvalue weighted by Crippen LogP contribution is -1.87. The van der Waals surface area contributed by atoms with Gasteiger partial charge in [-0.3, -0.25) is 0 Å². The molecule has 0 bridgehead atoms. The van der Waals surface area contributed by atoms with Gasteiger partial charge in [0.1, 0.15) is 5.75 Å². The maximum Gasteiger partial charge on any atom is 0.115 e. The van der Waals surface area contributed by atoms with E-state index in [4.69, 9.17) is 10.4 Å². The highest BCUT2D eigenvalue weighted by atomic mass is 16.3. The summed E-state index contributed by atoms with van der Waals surface area (Å²) in [6, 6.07) is 8.80. The van der Waals surface area contributed by atoms with Crippen molar-refractivity contribution in [3.8, 4) is 11.8 Å². The Labute approximate surface area is 65.7 Å². The van der Waals surface area contributed by atoms with Gasteiger partial charge in [-0.25, -0.2) is 0 Å². The van der Waals surface area contributed by atoms with E-state index in [1.807, 2.05) is 6.92 Å². The quantitative estimate of drug-likeness (QED) is 0.660. The number of benzene rings is 1. The van der Waals surface area contributed by atoms with Crippen molar-refractivity contribution in [3.05, 3.63) is 29.8 Å². The zero-order valence-electron chi connectivity index (χ0n) is 6.28. The number of nitriles is 1. The van der Waals surface area contributed by atoms with Gasteiger partial charge in [0.05, 0.1) is 12.0 Å². The summed E-state index contributed by atoms with van der Waals surface area (Å²) < 4.78 is 0. The summed E-state index contributed by atoms with van der Waals surface area (Å²) >= 11 is 0. The van der Waals surface area contributed by atoms with Crippen LogP contribution < -0.4 is 0 Å². The molecule has 0 fully saturated rings. The molecule has 0 radical (unpaired) electrons. The van der Waals surface area contributed by atoms with Crippen LogP contribution in [0.4, 0.5) is 0 Å². The van der Waals surface area contributed by atoms with E-state index < -0.39 is 0 Å². The molecule has 0 spiro atoms. The first kappa shape index (κ1) is 7.62. The first-order valence-electron chi connectivity index (χ1n) is 3.42. The summed E-state index contributed by atoms with van der Waals surface area (Å²) in [6.45, 7) is 1.83. The summed E-state index contributed by atoms with van der Waals surface area (Å²) in [5.74, 6) is 0.134. The molecule has 1 rings (SSSR count). The average molecular weight is 147 g/mol. The van der Waals surface area contributed by atoms with E-state index >= 15 is 0 Å². The molecule has 1 N–H and O–H groups in total. The normalized spacial score (nSPS) is 12.0. The third-order valence-corrected chi connectivity index (χ3v) is 1.59. The molecule has 0 saturated heterocycles. The first-order chi connectivity index (χ1) is 5.24. The van der Waals surface area contributed by atoms with E-state index in [-0.39, 0.29) is 11.7 Å². The Hall–Kier alpha value is -1.49. The molecule has 2 heteroatoms. The van der Waals surface area contributed by atoms with Crippen molar-refractivity contribution in [1.29, 1.82) is 5.26 Å². The summed E-state index contributed by atoms with van der Waals surface area (Å²) in [5.41, 5.74) is 0.935. The van der Waals surface area contributed by atoms with E-state index in [2.05, 4.69) is 6.07 Å². The Kier molecular flexibility index (Phi) is 2.12. The molecule has 0 aliphatic rings. The van der Waals surface area contributed by atoms with E-state index in [0.29, 0.717) is 0 Å². The zero-order chi connectivity index (χ0) is 8.27. The van der Waals surface area contributed by atoms with Crippen LogP contribution in [-0.4, -0.2) is 5.11 Å². The maximum atomic E-state index is 8.93. The topological polar surface area (TPSA) is 44.0 Å². The van der Waals surface area contributed by atoms with Crippen molar-refractivity contribution in [2.45, 2.75) is 12.8 Å². The standard InChI is InChI=1S/C9H9NO/c1-7(6-10)8-2-4-9(11)5-3-8/h2-5,7,11H,1H3/t7-/m1/s1. The predicted octanol–water partition coefficient (Wildman–Crippen LogP) is 2.02. The molecule has 0 aromatic heterocycles. The van der Waals surface area contributed by atoms with Crippen molar-refractivity contribution >= 4 is 0 Å². The van der Waals surface area contributed by atoms with Gasteiger partial charge in [-0.15, -0.1) is 0 Å². The van der Waals surface area contributed by atoms with Gasteiger partial charge in [-0.05, 0) is 24.6 Å². The number of nitrogens with zero attached hydrogens (tertiary/aromatic N) is 1. The van der Waals surface area contributed by atoms with Crippen LogP contribution in [0.2, 0.25) is 0 Å². The molecule has 1 aromatic rings. The lowest BCUT2D eigenvalue weighted by molar-refractivity contribution is 0.475. The number of hydrogen-bond donors (Lipinski definition) is 1. The highest BCUT2D eigenvalue weighted by Gasteiger charge is 2.01. The largest absolute Gasteiger partial charge is 0.508 e. The van der Waals surface area contributed by atoms with Crippen LogP contribution in [0, 0.1) is 11.3 Å². The van der Waals surface area contributed by atoms with Crippen LogP contribution in [0.25, 0.3) is 0 Å². The lowest BCUT2D eigenvalue weighted by Gasteiger charge is -2.00. The Bertz CT molecular complexity index is 271. The van der Waals surface area contributed by atoms with Crippen LogP contribution in [0.3, 0.4) is 0 Å². The number of phenols is 1. The Balaban J connectivity index is 2.92. The van der Waals surface area contributed by atoms with Gasteiger partial charge < -0.3 is 5.11 Å². The summed E-state index contributed by atoms with van der Waals surface area (Å²) in [6.07, 6.45) is 0. The van der Waals surface area contributed by atoms with Gasteiger partial charge in [0, 0.05) is 0 Å². The number of rotatable bonds is 1. The van der Waals surface area contributed by atoms with Crippen molar-refractivity contribution in [3.63, 3.8) is 0 Å². The second kappa shape index (κ2) is 3.07. The summed E-state index contributed by atoms with van der Waals surface area (Å²) in [4.78, 5) is 0. The van der Waals surface area contributed by atoms with Gasteiger partial charge in [0.2, 0.25) is 0 Å². The molecule has 1 aromatic carbocycles. The fourth-order valence-electron chi connectivity index (χ4n) is 0.838. The van der Waals surface area contributed by atoms with Crippen LogP contribution >= 0.6 is 0 Å². The zero-order valence-corrected chi connectivity index (χ0v) is 6.28. The monoisotopic (exact) mass is 147 g/mol. The van der Waals surface area contributed by atoms with Gasteiger partial charge in [-0.1, -0.05) is 12.1 Å². The minimum absolute atomic E-state index is 0.101. The van der Waals surface area contributed by atoms with Crippen molar-refractivity contribution in [2.24, 2.45) is 0 Å². The van der Waals surface area contributed by atoms with Crippen LogP contribution in [0.1, 0.15) is 18.4 Å². The molecular formula is C9H9NO. The predicted molar refractivity (Wildman–Crippen MR) is 42.1 cm³/mol. The minimum atomic E-state index is -0.101. The molecule has 0 aliphatic heterocycles. The number of hydrogen-bond acceptors (Lipinski definition) is 2. The van der Waals surface area contributed by atoms with E-state index in [0.717, 1.165) is 5.56 Å². The molecule has 0 unspecified atom stereocenters. The van der Waals surface area contributed by atoms with Gasteiger partial charge >= 0.3 is 0 Å². The highest BCUT2D eigenvalue weighted by molar-refractivity contribution is 5.30. The fraction of sp³-hybridized carbons (Fsp3) is 0.222. The molecule has 0 aliphatic carbocycles. The third-order valence-electron chi connectivity index (χ3n) is 1.59. The molecule has 0 saturated carbocycles. The molecular weight excluding hydrogens is 138 g/mol. The fourth-order valence-corrected chi connectivity index (χ4v) is 0.838. The number of phenolic OH excluding ortho intramolecular Hbond substituents is 1.